The fourth-order valence-corrected chi connectivity index (χ4v) is 5.21. The van der Waals surface area contributed by atoms with Gasteiger partial charge in [0.2, 0.25) is 5.91 Å². The van der Waals surface area contributed by atoms with Crippen LogP contribution in [0.5, 0.6) is 0 Å². The van der Waals surface area contributed by atoms with Crippen molar-refractivity contribution in [3.05, 3.63) is 71.4 Å². The van der Waals surface area contributed by atoms with Crippen LogP contribution in [-0.4, -0.2) is 22.4 Å². The molecule has 7 heteroatoms. The number of hydrogen-bond acceptors (Lipinski definition) is 6. The minimum absolute atomic E-state index is 0.0980. The van der Waals surface area contributed by atoms with Crippen LogP contribution >= 0.6 is 23.5 Å². The van der Waals surface area contributed by atoms with Gasteiger partial charge < -0.3 is 0 Å². The molecule has 2 aromatic carbocycles. The molecule has 0 bridgehead atoms. The monoisotopic (exact) mass is 431 g/mol. The number of aromatic nitrogens is 1. The van der Waals surface area contributed by atoms with Gasteiger partial charge in [-0.1, -0.05) is 47.8 Å². The fraction of sp³-hybridized carbons (Fsp3) is 0.130. The van der Waals surface area contributed by atoms with Crippen LogP contribution in [0.4, 0.5) is 11.4 Å². The van der Waals surface area contributed by atoms with Crippen molar-refractivity contribution in [1.82, 2.24) is 4.98 Å². The lowest BCUT2D eigenvalue weighted by atomic mass is 10.1. The Morgan fingerprint density at radius 1 is 1.10 bits per heavy atom. The summed E-state index contributed by atoms with van der Waals surface area (Å²) in [6.45, 7) is 3.18. The predicted octanol–water partition coefficient (Wildman–Crippen LogP) is 5.39. The Morgan fingerprint density at radius 2 is 1.70 bits per heavy atom. The molecule has 4 rings (SSSR count). The van der Waals surface area contributed by atoms with Gasteiger partial charge in [-0.3, -0.25) is 14.5 Å². The number of amides is 1. The number of carbonyl (C=O) groups excluding carboxylic acids is 2. The van der Waals surface area contributed by atoms with E-state index in [1.54, 1.807) is 29.7 Å². The number of fused-ring (bicyclic) bond motifs is 2. The molecule has 0 aliphatic carbocycles. The van der Waals surface area contributed by atoms with Crippen LogP contribution in [0.3, 0.4) is 0 Å². The highest BCUT2D eigenvalue weighted by atomic mass is 32.2. The van der Waals surface area contributed by atoms with Gasteiger partial charge in [-0.25, -0.2) is 4.98 Å². The first-order valence-corrected chi connectivity index (χ1v) is 11.0. The molecule has 1 aliphatic heterocycles. The SMILES string of the molecule is CC(=O)c1cc(C#N)c(SCC(=O)N2c3ccccc3Sc3ccccc32)nc1C. The minimum Gasteiger partial charge on any atom is -0.294 e. The molecule has 3 aromatic rings. The zero-order valence-electron chi connectivity index (χ0n) is 16.4. The molecule has 0 radical (unpaired) electrons. The summed E-state index contributed by atoms with van der Waals surface area (Å²) in [7, 11) is 0. The van der Waals surface area contributed by atoms with Gasteiger partial charge in [0, 0.05) is 21.0 Å². The number of ketones is 1. The van der Waals surface area contributed by atoms with E-state index < -0.39 is 0 Å². The summed E-state index contributed by atoms with van der Waals surface area (Å²) >= 11 is 2.86. The summed E-state index contributed by atoms with van der Waals surface area (Å²) in [5, 5.41) is 9.94. The van der Waals surface area contributed by atoms with E-state index in [1.807, 2.05) is 48.5 Å². The molecule has 1 amide bonds. The first-order chi connectivity index (χ1) is 14.5. The van der Waals surface area contributed by atoms with Crippen LogP contribution in [-0.2, 0) is 4.79 Å². The van der Waals surface area contributed by atoms with E-state index in [-0.39, 0.29) is 17.4 Å². The van der Waals surface area contributed by atoms with Crippen LogP contribution in [0.2, 0.25) is 0 Å². The van der Waals surface area contributed by atoms with Gasteiger partial charge in [-0.15, -0.1) is 0 Å². The molecule has 5 nitrogen and oxygen atoms in total. The van der Waals surface area contributed by atoms with E-state index in [0.29, 0.717) is 21.8 Å². The van der Waals surface area contributed by atoms with Crippen molar-refractivity contribution in [3.8, 4) is 6.07 Å². The first-order valence-electron chi connectivity index (χ1n) is 9.24. The number of nitriles is 1. The average Bonchev–Trinajstić information content (AvgIpc) is 2.75. The highest BCUT2D eigenvalue weighted by Crippen LogP contribution is 2.48. The number of aryl methyl sites for hydroxylation is 1. The molecule has 0 atom stereocenters. The number of anilines is 2. The summed E-state index contributed by atoms with van der Waals surface area (Å²) in [6.07, 6.45) is 0. The second-order valence-corrected chi connectivity index (χ2v) is 8.75. The molecule has 0 spiro atoms. The molecule has 1 aliphatic rings. The summed E-state index contributed by atoms with van der Waals surface area (Å²) < 4.78 is 0. The number of carbonyl (C=O) groups is 2. The Labute approximate surface area is 183 Å². The van der Waals surface area contributed by atoms with E-state index in [1.165, 1.54) is 18.7 Å². The van der Waals surface area contributed by atoms with Crippen LogP contribution in [0.15, 0.2) is 69.4 Å². The van der Waals surface area contributed by atoms with Gasteiger partial charge in [0.1, 0.15) is 11.1 Å². The number of rotatable bonds is 4. The molecule has 0 saturated heterocycles. The maximum Gasteiger partial charge on any atom is 0.242 e. The maximum absolute atomic E-state index is 13.3. The lowest BCUT2D eigenvalue weighted by Crippen LogP contribution is -2.30. The highest BCUT2D eigenvalue weighted by molar-refractivity contribution is 8.00. The Hall–Kier alpha value is -3.08. The molecule has 0 unspecified atom stereocenters. The number of benzene rings is 2. The quantitative estimate of drug-likeness (QED) is 0.407. The third-order valence-corrected chi connectivity index (χ3v) is 6.80. The second-order valence-electron chi connectivity index (χ2n) is 6.70. The van der Waals surface area contributed by atoms with Crippen LogP contribution in [0, 0.1) is 18.3 Å². The normalized spacial score (nSPS) is 12.0. The Morgan fingerprint density at radius 3 is 2.27 bits per heavy atom. The van der Waals surface area contributed by atoms with Crippen molar-refractivity contribution < 1.29 is 9.59 Å². The van der Waals surface area contributed by atoms with Gasteiger partial charge in [0.25, 0.3) is 0 Å². The van der Waals surface area contributed by atoms with E-state index >= 15 is 0 Å². The van der Waals surface area contributed by atoms with Crippen LogP contribution < -0.4 is 4.90 Å². The Balaban J connectivity index is 1.64. The molecule has 0 saturated carbocycles. The lowest BCUT2D eigenvalue weighted by Gasteiger charge is -2.31. The zero-order valence-corrected chi connectivity index (χ0v) is 18.0. The molecular formula is C23H17N3O2S2. The Bertz CT molecular complexity index is 1170. The van der Waals surface area contributed by atoms with Crippen molar-refractivity contribution in [1.29, 1.82) is 5.26 Å². The van der Waals surface area contributed by atoms with E-state index in [9.17, 15) is 14.9 Å². The number of thioether (sulfide) groups is 1. The smallest absolute Gasteiger partial charge is 0.242 e. The number of pyridine rings is 1. The summed E-state index contributed by atoms with van der Waals surface area (Å²) in [5.41, 5.74) is 2.99. The van der Waals surface area contributed by atoms with Gasteiger partial charge in [-0.05, 0) is 44.2 Å². The van der Waals surface area contributed by atoms with E-state index in [0.717, 1.165) is 21.2 Å². The number of hydrogen-bond donors (Lipinski definition) is 0. The number of para-hydroxylation sites is 2. The molecule has 0 fully saturated rings. The lowest BCUT2D eigenvalue weighted by molar-refractivity contribution is -0.115. The fourth-order valence-electron chi connectivity index (χ4n) is 3.30. The third kappa shape index (κ3) is 3.72. The van der Waals surface area contributed by atoms with E-state index in [2.05, 4.69) is 11.1 Å². The molecule has 1 aromatic heterocycles. The largest absolute Gasteiger partial charge is 0.294 e. The van der Waals surface area contributed by atoms with Crippen LogP contribution in [0.1, 0.15) is 28.5 Å². The average molecular weight is 432 g/mol. The molecule has 0 N–H and O–H groups in total. The molecule has 148 valence electrons. The highest BCUT2D eigenvalue weighted by Gasteiger charge is 2.28. The van der Waals surface area contributed by atoms with Gasteiger partial charge in [-0.2, -0.15) is 5.26 Å². The van der Waals surface area contributed by atoms with E-state index in [4.69, 9.17) is 0 Å². The zero-order chi connectivity index (χ0) is 21.3. The second kappa shape index (κ2) is 8.34. The summed E-state index contributed by atoms with van der Waals surface area (Å²) in [5.74, 6) is -0.115. The summed E-state index contributed by atoms with van der Waals surface area (Å²) in [4.78, 5) is 33.2. The topological polar surface area (TPSA) is 74.1 Å². The van der Waals surface area contributed by atoms with Crippen molar-refractivity contribution in [2.75, 3.05) is 10.7 Å². The van der Waals surface area contributed by atoms with Crippen molar-refractivity contribution in [3.63, 3.8) is 0 Å². The van der Waals surface area contributed by atoms with Gasteiger partial charge in [0.15, 0.2) is 5.78 Å². The third-order valence-electron chi connectivity index (χ3n) is 4.69. The van der Waals surface area contributed by atoms with Crippen molar-refractivity contribution >= 4 is 46.6 Å². The maximum atomic E-state index is 13.3. The molecule has 2 heterocycles. The molecular weight excluding hydrogens is 414 g/mol. The predicted molar refractivity (Wildman–Crippen MR) is 119 cm³/mol. The van der Waals surface area contributed by atoms with Crippen LogP contribution in [0.25, 0.3) is 0 Å². The standard InChI is InChI=1S/C23H17N3O2S2/c1-14-17(15(2)27)11-16(12-24)23(25-14)29-13-22(28)26-18-7-3-5-9-20(18)30-21-10-6-4-8-19(21)26/h3-11H,13H2,1-2H3. The van der Waals surface area contributed by atoms with Crippen molar-refractivity contribution in [2.24, 2.45) is 0 Å². The summed E-state index contributed by atoms with van der Waals surface area (Å²) in [6, 6.07) is 19.3. The number of nitrogens with zero attached hydrogens (tertiary/aromatic N) is 3. The minimum atomic E-state index is -0.136. The van der Waals surface area contributed by atoms with Crippen molar-refractivity contribution in [2.45, 2.75) is 28.7 Å². The number of Topliss-reactive ketones (excluding diaryl/α,β-unsaturated/α-hetero) is 1. The van der Waals surface area contributed by atoms with Gasteiger partial charge in [0.05, 0.1) is 22.7 Å². The van der Waals surface area contributed by atoms with Gasteiger partial charge >= 0.3 is 0 Å². The first kappa shape index (κ1) is 20.2. The molecule has 30 heavy (non-hydrogen) atoms. The Kier molecular flexibility index (Phi) is 5.62.